The molecule has 0 atom stereocenters. The Balaban J connectivity index is 3.30. The predicted octanol–water partition coefficient (Wildman–Crippen LogP) is 4.07. The molecular formula is C17H24ClNO3. The monoisotopic (exact) mass is 325 g/mol. The van der Waals surface area contributed by atoms with E-state index < -0.39 is 17.2 Å². The fourth-order valence-corrected chi connectivity index (χ4v) is 1.99. The lowest BCUT2D eigenvalue weighted by molar-refractivity contribution is -0.148. The Bertz CT molecular complexity index is 586. The number of anilines is 1. The van der Waals surface area contributed by atoms with E-state index in [-0.39, 0.29) is 0 Å². The van der Waals surface area contributed by atoms with Crippen molar-refractivity contribution in [2.24, 2.45) is 0 Å². The van der Waals surface area contributed by atoms with Crippen LogP contribution in [-0.2, 0) is 14.3 Å². The number of carbonyl (C=O) groups excluding carboxylic acids is 1. The lowest BCUT2D eigenvalue weighted by atomic mass is 9.90. The second kappa shape index (κ2) is 6.71. The lowest BCUT2D eigenvalue weighted by Crippen LogP contribution is -2.27. The van der Waals surface area contributed by atoms with Crippen LogP contribution >= 0.6 is 11.6 Å². The van der Waals surface area contributed by atoms with Crippen molar-refractivity contribution >= 4 is 28.8 Å². The lowest BCUT2D eigenvalue weighted by Gasteiger charge is -2.28. The molecule has 0 amide bonds. The van der Waals surface area contributed by atoms with E-state index in [1.165, 1.54) is 6.08 Å². The minimum atomic E-state index is -0.683. The van der Waals surface area contributed by atoms with E-state index in [4.69, 9.17) is 26.8 Å². The zero-order valence-electron chi connectivity index (χ0n) is 14.0. The van der Waals surface area contributed by atoms with Crippen molar-refractivity contribution in [2.45, 2.75) is 45.8 Å². The molecule has 0 radical (unpaired) electrons. The van der Waals surface area contributed by atoms with Crippen molar-refractivity contribution in [3.8, 4) is 0 Å². The Kier molecular flexibility index (Phi) is 5.65. The van der Waals surface area contributed by atoms with Crippen LogP contribution in [0.15, 0.2) is 24.3 Å². The van der Waals surface area contributed by atoms with E-state index >= 15 is 0 Å². The predicted molar refractivity (Wildman–Crippen MR) is 90.8 cm³/mol. The molecule has 0 saturated heterocycles. The number of benzene rings is 1. The molecule has 0 fully saturated rings. The van der Waals surface area contributed by atoms with Crippen LogP contribution in [0.5, 0.6) is 0 Å². The molecule has 1 aromatic carbocycles. The first-order valence-electron chi connectivity index (χ1n) is 7.02. The zero-order chi connectivity index (χ0) is 17.1. The third-order valence-corrected chi connectivity index (χ3v) is 3.48. The van der Waals surface area contributed by atoms with Crippen molar-refractivity contribution in [3.63, 3.8) is 0 Å². The molecule has 0 aliphatic heterocycles. The van der Waals surface area contributed by atoms with Gasteiger partial charge in [-0.25, -0.2) is 4.79 Å². The second-order valence-electron chi connectivity index (χ2n) is 6.54. The highest BCUT2D eigenvalue weighted by Crippen LogP contribution is 2.33. The summed E-state index contributed by atoms with van der Waals surface area (Å²) in [6, 6.07) is 5.22. The minimum Gasteiger partial charge on any atom is -0.457 e. The van der Waals surface area contributed by atoms with E-state index in [1.807, 2.05) is 34.6 Å². The van der Waals surface area contributed by atoms with Gasteiger partial charge in [-0.05, 0) is 57.9 Å². The number of rotatable bonds is 4. The number of carbonyl (C=O) groups is 1. The molecule has 1 aromatic rings. The summed E-state index contributed by atoms with van der Waals surface area (Å²) < 4.78 is 10.9. The summed E-state index contributed by atoms with van der Waals surface area (Å²) in [7, 11) is 1.59. The molecule has 0 spiro atoms. The van der Waals surface area contributed by atoms with Crippen molar-refractivity contribution in [1.82, 2.24) is 0 Å². The highest BCUT2D eigenvalue weighted by Gasteiger charge is 2.26. The van der Waals surface area contributed by atoms with Gasteiger partial charge in [0.2, 0.25) is 0 Å². The third-order valence-electron chi connectivity index (χ3n) is 3.13. The number of nitrogen functional groups attached to an aromatic ring is 1. The smallest absolute Gasteiger partial charge is 0.331 e. The fourth-order valence-electron chi connectivity index (χ4n) is 1.88. The second-order valence-corrected chi connectivity index (χ2v) is 6.95. The highest BCUT2D eigenvalue weighted by molar-refractivity contribution is 6.33. The number of esters is 1. The molecule has 5 heteroatoms. The van der Waals surface area contributed by atoms with E-state index in [0.717, 1.165) is 5.56 Å². The summed E-state index contributed by atoms with van der Waals surface area (Å²) in [6.45, 7) is 9.20. The van der Waals surface area contributed by atoms with Crippen LogP contribution < -0.4 is 5.73 Å². The Labute approximate surface area is 137 Å². The SMILES string of the molecule is COC(C)(C)C(=CC(=O)OC(C)(C)C)c1ccc(Cl)c(N)c1. The molecule has 0 aliphatic rings. The normalized spacial score (nSPS) is 13.1. The van der Waals surface area contributed by atoms with Gasteiger partial charge >= 0.3 is 5.97 Å². The van der Waals surface area contributed by atoms with Gasteiger partial charge in [0, 0.05) is 13.2 Å². The molecule has 0 bridgehead atoms. The van der Waals surface area contributed by atoms with Gasteiger partial charge in [-0.15, -0.1) is 0 Å². The summed E-state index contributed by atoms with van der Waals surface area (Å²) in [5.41, 5.74) is 6.50. The third kappa shape index (κ3) is 5.04. The summed E-state index contributed by atoms with van der Waals surface area (Å²) in [5, 5.41) is 0.468. The summed E-state index contributed by atoms with van der Waals surface area (Å²) in [5.74, 6) is -0.429. The molecule has 0 heterocycles. The molecule has 122 valence electrons. The van der Waals surface area contributed by atoms with Crippen LogP contribution in [0.1, 0.15) is 40.2 Å². The molecule has 0 aliphatic carbocycles. The number of hydrogen-bond donors (Lipinski definition) is 1. The molecule has 0 unspecified atom stereocenters. The van der Waals surface area contributed by atoms with Crippen LogP contribution in [0.4, 0.5) is 5.69 Å². The summed E-state index contributed by atoms with van der Waals surface area (Å²) in [4.78, 5) is 12.1. The number of halogens is 1. The largest absolute Gasteiger partial charge is 0.457 e. The van der Waals surface area contributed by atoms with Crippen LogP contribution in [-0.4, -0.2) is 24.3 Å². The van der Waals surface area contributed by atoms with Gasteiger partial charge < -0.3 is 15.2 Å². The number of ether oxygens (including phenoxy) is 2. The average Bonchev–Trinajstić information content (AvgIpc) is 2.37. The van der Waals surface area contributed by atoms with Gasteiger partial charge in [-0.3, -0.25) is 0 Å². The van der Waals surface area contributed by atoms with Gasteiger partial charge in [0.05, 0.1) is 16.3 Å². The molecule has 0 saturated carbocycles. The highest BCUT2D eigenvalue weighted by atomic mass is 35.5. The minimum absolute atomic E-state index is 0.429. The molecule has 22 heavy (non-hydrogen) atoms. The maximum Gasteiger partial charge on any atom is 0.331 e. The first-order chi connectivity index (χ1) is 9.96. The van der Waals surface area contributed by atoms with Crippen molar-refractivity contribution < 1.29 is 14.3 Å². The van der Waals surface area contributed by atoms with E-state index in [0.29, 0.717) is 16.3 Å². The number of hydrogen-bond acceptors (Lipinski definition) is 4. The van der Waals surface area contributed by atoms with Crippen LogP contribution in [0.3, 0.4) is 0 Å². The molecule has 0 aromatic heterocycles. The summed E-state index contributed by atoms with van der Waals surface area (Å²) in [6.07, 6.45) is 1.44. The van der Waals surface area contributed by atoms with Crippen molar-refractivity contribution in [1.29, 1.82) is 0 Å². The Morgan fingerprint density at radius 1 is 1.23 bits per heavy atom. The maximum atomic E-state index is 12.1. The van der Waals surface area contributed by atoms with Gasteiger partial charge in [-0.1, -0.05) is 17.7 Å². The topological polar surface area (TPSA) is 61.5 Å². The van der Waals surface area contributed by atoms with Crippen LogP contribution in [0.2, 0.25) is 5.02 Å². The Hall–Kier alpha value is -1.52. The maximum absolute atomic E-state index is 12.1. The van der Waals surface area contributed by atoms with E-state index in [9.17, 15) is 4.79 Å². The van der Waals surface area contributed by atoms with E-state index in [2.05, 4.69) is 0 Å². The first kappa shape index (κ1) is 18.5. The van der Waals surface area contributed by atoms with Gasteiger partial charge in [-0.2, -0.15) is 0 Å². The van der Waals surface area contributed by atoms with Gasteiger partial charge in [0.25, 0.3) is 0 Å². The average molecular weight is 326 g/mol. The van der Waals surface area contributed by atoms with Crippen molar-refractivity contribution in [3.05, 3.63) is 34.9 Å². The quantitative estimate of drug-likeness (QED) is 0.515. The standard InChI is InChI=1S/C17H24ClNO3/c1-16(2,3)22-15(20)10-12(17(4,5)21-6)11-7-8-13(18)14(19)9-11/h7-10H,19H2,1-6H3. The van der Waals surface area contributed by atoms with E-state index in [1.54, 1.807) is 25.3 Å². The Morgan fingerprint density at radius 3 is 2.27 bits per heavy atom. The molecular weight excluding hydrogens is 302 g/mol. The van der Waals surface area contributed by atoms with Crippen LogP contribution in [0.25, 0.3) is 5.57 Å². The number of methoxy groups -OCH3 is 1. The fraction of sp³-hybridized carbons (Fsp3) is 0.471. The molecule has 1 rings (SSSR count). The van der Waals surface area contributed by atoms with Gasteiger partial charge in [0.15, 0.2) is 0 Å². The van der Waals surface area contributed by atoms with Crippen molar-refractivity contribution in [2.75, 3.05) is 12.8 Å². The molecule has 4 nitrogen and oxygen atoms in total. The van der Waals surface area contributed by atoms with Gasteiger partial charge in [0.1, 0.15) is 5.60 Å². The van der Waals surface area contributed by atoms with Crippen LogP contribution in [0, 0.1) is 0 Å². The number of nitrogens with two attached hydrogens (primary N) is 1. The molecule has 2 N–H and O–H groups in total. The Morgan fingerprint density at radius 2 is 1.82 bits per heavy atom. The first-order valence-corrected chi connectivity index (χ1v) is 7.40. The summed E-state index contributed by atoms with van der Waals surface area (Å²) >= 11 is 5.96. The zero-order valence-corrected chi connectivity index (χ0v) is 14.7.